The van der Waals surface area contributed by atoms with E-state index < -0.39 is 0 Å². The van der Waals surface area contributed by atoms with Gasteiger partial charge in [0.1, 0.15) is 5.69 Å². The zero-order valence-corrected chi connectivity index (χ0v) is 15.3. The number of hydrogen-bond acceptors (Lipinski definition) is 4. The summed E-state index contributed by atoms with van der Waals surface area (Å²) in [4.78, 5) is 26.6. The summed E-state index contributed by atoms with van der Waals surface area (Å²) in [6.07, 6.45) is 0. The Hall–Kier alpha value is -2.67. The summed E-state index contributed by atoms with van der Waals surface area (Å²) in [7, 11) is 3.22. The first-order chi connectivity index (χ1) is 12.5. The normalized spacial score (nSPS) is 19.6. The van der Waals surface area contributed by atoms with Gasteiger partial charge in [0.25, 0.3) is 5.91 Å². The topological polar surface area (TPSA) is 87.3 Å². The van der Waals surface area contributed by atoms with Crippen LogP contribution in [0.3, 0.4) is 0 Å². The average Bonchev–Trinajstić information content (AvgIpc) is 3.29. The Morgan fingerprint density at radius 2 is 2.04 bits per heavy atom. The van der Waals surface area contributed by atoms with Crippen molar-refractivity contribution in [3.8, 4) is 11.3 Å². The number of carbonyl (C=O) groups is 2. The molecule has 0 spiro atoms. The van der Waals surface area contributed by atoms with Crippen LogP contribution in [0.2, 0.25) is 0 Å². The maximum absolute atomic E-state index is 12.8. The van der Waals surface area contributed by atoms with E-state index in [1.54, 1.807) is 25.1 Å². The number of benzene rings is 1. The molecular formula is C19H24N4O3. The maximum Gasteiger partial charge on any atom is 0.271 e. The summed E-state index contributed by atoms with van der Waals surface area (Å²) in [6.45, 7) is 3.34. The quantitative estimate of drug-likeness (QED) is 0.849. The predicted molar refractivity (Wildman–Crippen MR) is 97.6 cm³/mol. The molecule has 2 aromatic rings. The highest BCUT2D eigenvalue weighted by atomic mass is 16.5. The zero-order chi connectivity index (χ0) is 18.7. The number of H-pyrrole nitrogens is 1. The predicted octanol–water partition coefficient (Wildman–Crippen LogP) is 1.47. The molecule has 2 N–H and O–H groups in total. The number of aryl methyl sites for hydroxylation is 1. The van der Waals surface area contributed by atoms with E-state index in [0.29, 0.717) is 25.4 Å². The first-order valence-electron chi connectivity index (χ1n) is 8.65. The molecule has 2 atom stereocenters. The van der Waals surface area contributed by atoms with E-state index >= 15 is 0 Å². The first kappa shape index (κ1) is 18.1. The third-order valence-electron chi connectivity index (χ3n) is 4.85. The van der Waals surface area contributed by atoms with Crippen molar-refractivity contribution in [2.24, 2.45) is 11.8 Å². The Morgan fingerprint density at radius 1 is 1.31 bits per heavy atom. The van der Waals surface area contributed by atoms with E-state index in [9.17, 15) is 9.59 Å². The van der Waals surface area contributed by atoms with Gasteiger partial charge in [-0.15, -0.1) is 0 Å². The fourth-order valence-electron chi connectivity index (χ4n) is 3.38. The highest BCUT2D eigenvalue weighted by Crippen LogP contribution is 2.26. The van der Waals surface area contributed by atoms with Crippen LogP contribution in [0.1, 0.15) is 16.1 Å². The molecule has 7 heteroatoms. The molecule has 1 fully saturated rings. The van der Waals surface area contributed by atoms with Crippen molar-refractivity contribution in [3.05, 3.63) is 41.6 Å². The highest BCUT2D eigenvalue weighted by Gasteiger charge is 2.39. The maximum atomic E-state index is 12.8. The van der Waals surface area contributed by atoms with Crippen molar-refractivity contribution in [2.75, 3.05) is 33.9 Å². The van der Waals surface area contributed by atoms with Gasteiger partial charge in [-0.05, 0) is 13.0 Å². The highest BCUT2D eigenvalue weighted by molar-refractivity contribution is 5.94. The number of amides is 2. The van der Waals surface area contributed by atoms with Crippen LogP contribution in [0.15, 0.2) is 30.3 Å². The number of rotatable bonds is 5. The van der Waals surface area contributed by atoms with Gasteiger partial charge in [0, 0.05) is 38.7 Å². The number of likely N-dealkylation sites (tertiary alicyclic amines) is 1. The zero-order valence-electron chi connectivity index (χ0n) is 15.3. The number of ether oxygens (including phenoxy) is 1. The Kier molecular flexibility index (Phi) is 5.37. The summed E-state index contributed by atoms with van der Waals surface area (Å²) in [5, 5.41) is 9.76. The molecule has 7 nitrogen and oxygen atoms in total. The van der Waals surface area contributed by atoms with Crippen molar-refractivity contribution in [1.29, 1.82) is 0 Å². The molecule has 1 saturated heterocycles. The number of nitrogens with one attached hydrogen (secondary N) is 2. The van der Waals surface area contributed by atoms with Crippen molar-refractivity contribution >= 4 is 11.8 Å². The number of carbonyl (C=O) groups excluding carboxylic acids is 2. The number of hydrogen-bond donors (Lipinski definition) is 2. The summed E-state index contributed by atoms with van der Waals surface area (Å²) in [5.74, 6) is -0.484. The molecule has 1 aliphatic rings. The SMILES string of the molecule is CNC(=O)[C@@H]1CN(C(=O)c2cc(-c3ccc(C)cc3)n[nH]2)C[C@H]1COC. The van der Waals surface area contributed by atoms with Gasteiger partial charge < -0.3 is 15.0 Å². The molecule has 0 saturated carbocycles. The fraction of sp³-hybridized carbons (Fsp3) is 0.421. The van der Waals surface area contributed by atoms with E-state index in [-0.39, 0.29) is 23.7 Å². The molecule has 0 unspecified atom stereocenters. The lowest BCUT2D eigenvalue weighted by Crippen LogP contribution is -2.34. The first-order valence-corrected chi connectivity index (χ1v) is 8.65. The number of aromatic amines is 1. The third-order valence-corrected chi connectivity index (χ3v) is 4.85. The van der Waals surface area contributed by atoms with Crippen molar-refractivity contribution in [1.82, 2.24) is 20.4 Å². The van der Waals surface area contributed by atoms with Gasteiger partial charge in [0.15, 0.2) is 0 Å². The summed E-state index contributed by atoms with van der Waals surface area (Å²) in [5.41, 5.74) is 3.27. The number of aromatic nitrogens is 2. The van der Waals surface area contributed by atoms with Gasteiger partial charge in [-0.25, -0.2) is 0 Å². The smallest absolute Gasteiger partial charge is 0.271 e. The van der Waals surface area contributed by atoms with Gasteiger partial charge in [-0.3, -0.25) is 14.7 Å². The van der Waals surface area contributed by atoms with Gasteiger partial charge in [-0.1, -0.05) is 29.8 Å². The minimum atomic E-state index is -0.261. The second kappa shape index (κ2) is 7.70. The fourth-order valence-corrected chi connectivity index (χ4v) is 3.38. The summed E-state index contributed by atoms with van der Waals surface area (Å²) >= 11 is 0. The van der Waals surface area contributed by atoms with E-state index in [1.807, 2.05) is 31.2 Å². The van der Waals surface area contributed by atoms with Gasteiger partial charge in [0.05, 0.1) is 18.2 Å². The Morgan fingerprint density at radius 3 is 2.69 bits per heavy atom. The molecule has 1 aromatic carbocycles. The van der Waals surface area contributed by atoms with Crippen molar-refractivity contribution in [2.45, 2.75) is 6.92 Å². The van der Waals surface area contributed by atoms with Gasteiger partial charge in [-0.2, -0.15) is 5.10 Å². The van der Waals surface area contributed by atoms with E-state index in [4.69, 9.17) is 4.74 Å². The average molecular weight is 356 g/mol. The minimum Gasteiger partial charge on any atom is -0.384 e. The van der Waals surface area contributed by atoms with Crippen LogP contribution >= 0.6 is 0 Å². The van der Waals surface area contributed by atoms with Gasteiger partial charge >= 0.3 is 0 Å². The molecule has 26 heavy (non-hydrogen) atoms. The monoisotopic (exact) mass is 356 g/mol. The molecular weight excluding hydrogens is 332 g/mol. The van der Waals surface area contributed by atoms with Crippen LogP contribution in [0.4, 0.5) is 0 Å². The lowest BCUT2D eigenvalue weighted by atomic mass is 9.96. The molecule has 0 bridgehead atoms. The number of methoxy groups -OCH3 is 1. The molecule has 138 valence electrons. The van der Waals surface area contributed by atoms with Crippen LogP contribution < -0.4 is 5.32 Å². The van der Waals surface area contributed by atoms with Crippen LogP contribution in [0.25, 0.3) is 11.3 Å². The second-order valence-electron chi connectivity index (χ2n) is 6.68. The van der Waals surface area contributed by atoms with E-state index in [0.717, 1.165) is 11.3 Å². The molecule has 3 rings (SSSR count). The van der Waals surface area contributed by atoms with E-state index in [1.165, 1.54) is 5.56 Å². The lowest BCUT2D eigenvalue weighted by Gasteiger charge is -2.14. The van der Waals surface area contributed by atoms with E-state index in [2.05, 4.69) is 15.5 Å². The molecule has 1 aliphatic heterocycles. The Balaban J connectivity index is 1.75. The molecule has 0 aliphatic carbocycles. The van der Waals surface area contributed by atoms with Crippen LogP contribution in [-0.4, -0.2) is 60.8 Å². The minimum absolute atomic E-state index is 0.0107. The van der Waals surface area contributed by atoms with Crippen molar-refractivity contribution in [3.63, 3.8) is 0 Å². The second-order valence-corrected chi connectivity index (χ2v) is 6.68. The summed E-state index contributed by atoms with van der Waals surface area (Å²) in [6, 6.07) is 9.73. The van der Waals surface area contributed by atoms with Crippen LogP contribution in [-0.2, 0) is 9.53 Å². The molecule has 0 radical (unpaired) electrons. The molecule has 2 amide bonds. The third kappa shape index (κ3) is 3.62. The van der Waals surface area contributed by atoms with Crippen LogP contribution in [0, 0.1) is 18.8 Å². The molecule has 1 aromatic heterocycles. The summed E-state index contributed by atoms with van der Waals surface area (Å²) < 4.78 is 5.22. The standard InChI is InChI=1S/C19H24N4O3/c1-12-4-6-13(7-5-12)16-8-17(22-21-16)19(25)23-9-14(11-26-3)15(10-23)18(24)20-2/h4-8,14-15H,9-11H2,1-3H3,(H,20,24)(H,21,22)/t14-,15+/m0/s1. The Labute approximate surface area is 152 Å². The lowest BCUT2D eigenvalue weighted by molar-refractivity contribution is -0.125. The van der Waals surface area contributed by atoms with Crippen molar-refractivity contribution < 1.29 is 14.3 Å². The van der Waals surface area contributed by atoms with Gasteiger partial charge in [0.2, 0.25) is 5.91 Å². The number of nitrogens with zero attached hydrogens (tertiary/aromatic N) is 2. The van der Waals surface area contributed by atoms with Crippen LogP contribution in [0.5, 0.6) is 0 Å². The Bertz CT molecular complexity index is 784. The largest absolute Gasteiger partial charge is 0.384 e. The molecule has 2 heterocycles.